The third-order valence-corrected chi connectivity index (χ3v) is 3.81. The van der Waals surface area contributed by atoms with Crippen molar-refractivity contribution in [1.29, 1.82) is 0 Å². The number of anilines is 1. The normalized spacial score (nSPS) is 14.6. The number of ether oxygens (including phenoxy) is 5. The van der Waals surface area contributed by atoms with Gasteiger partial charge in [0, 0.05) is 19.8 Å². The van der Waals surface area contributed by atoms with Crippen LogP contribution in [0.15, 0.2) is 29.5 Å². The second-order valence-electron chi connectivity index (χ2n) is 5.20. The van der Waals surface area contributed by atoms with Gasteiger partial charge in [0.2, 0.25) is 0 Å². The topological polar surface area (TPSA) is 83.5 Å². The first-order chi connectivity index (χ1) is 12.5. The highest BCUT2D eigenvalue weighted by Crippen LogP contribution is 2.33. The molecule has 9 heteroatoms. The van der Waals surface area contributed by atoms with Crippen LogP contribution >= 0.6 is 0 Å². The zero-order chi connectivity index (χ0) is 19.3. The van der Waals surface area contributed by atoms with E-state index >= 15 is 4.39 Å². The van der Waals surface area contributed by atoms with Crippen molar-refractivity contribution < 1.29 is 37.7 Å². The van der Waals surface area contributed by atoms with Crippen molar-refractivity contribution in [3.05, 3.63) is 40.8 Å². The van der Waals surface area contributed by atoms with E-state index in [4.69, 9.17) is 18.9 Å². The molecule has 0 aliphatic carbocycles. The molecule has 2 rings (SSSR count). The minimum absolute atomic E-state index is 0.00287. The van der Waals surface area contributed by atoms with Crippen LogP contribution in [0.2, 0.25) is 0 Å². The molecule has 0 unspecified atom stereocenters. The maximum atomic E-state index is 15.1. The van der Waals surface area contributed by atoms with Crippen LogP contribution in [0.1, 0.15) is 11.9 Å². The fourth-order valence-electron chi connectivity index (χ4n) is 2.61. The third-order valence-electron chi connectivity index (χ3n) is 3.81. The van der Waals surface area contributed by atoms with Crippen molar-refractivity contribution in [1.82, 2.24) is 0 Å². The number of esters is 2. The van der Waals surface area contributed by atoms with Gasteiger partial charge in [0.15, 0.2) is 12.1 Å². The Morgan fingerprint density at radius 3 is 2.35 bits per heavy atom. The highest BCUT2D eigenvalue weighted by Gasteiger charge is 2.34. The van der Waals surface area contributed by atoms with Crippen LogP contribution in [0.3, 0.4) is 0 Å². The summed E-state index contributed by atoms with van der Waals surface area (Å²) in [5.41, 5.74) is -0.0801. The van der Waals surface area contributed by atoms with Gasteiger partial charge < -0.3 is 28.6 Å². The van der Waals surface area contributed by atoms with Gasteiger partial charge in [0.05, 0.1) is 32.1 Å². The second-order valence-corrected chi connectivity index (χ2v) is 5.20. The van der Waals surface area contributed by atoms with Gasteiger partial charge >= 0.3 is 11.9 Å². The lowest BCUT2D eigenvalue weighted by Gasteiger charge is -2.32. The summed E-state index contributed by atoms with van der Waals surface area (Å²) in [6.07, 6.45) is -0.939. The van der Waals surface area contributed by atoms with E-state index in [-0.39, 0.29) is 35.9 Å². The molecule has 1 aliphatic rings. The lowest BCUT2D eigenvalue weighted by Crippen LogP contribution is -2.39. The Hall–Kier alpha value is -2.49. The monoisotopic (exact) mass is 369 g/mol. The van der Waals surface area contributed by atoms with Crippen LogP contribution in [0.4, 0.5) is 10.1 Å². The average molecular weight is 369 g/mol. The van der Waals surface area contributed by atoms with E-state index in [0.29, 0.717) is 0 Å². The zero-order valence-corrected chi connectivity index (χ0v) is 14.9. The lowest BCUT2D eigenvalue weighted by atomic mass is 10.1. The van der Waals surface area contributed by atoms with E-state index < -0.39 is 24.0 Å². The van der Waals surface area contributed by atoms with Gasteiger partial charge in [0.25, 0.3) is 0 Å². The summed E-state index contributed by atoms with van der Waals surface area (Å²) in [5.74, 6) is -2.26. The van der Waals surface area contributed by atoms with Crippen molar-refractivity contribution >= 4 is 17.6 Å². The number of rotatable bonds is 6. The molecule has 1 heterocycles. The summed E-state index contributed by atoms with van der Waals surface area (Å²) in [7, 11) is 5.08. The number of halogens is 1. The van der Waals surface area contributed by atoms with Crippen LogP contribution in [0.5, 0.6) is 0 Å². The molecule has 0 atom stereocenters. The van der Waals surface area contributed by atoms with Crippen LogP contribution in [-0.4, -0.2) is 53.7 Å². The number of carbonyl (C=O) groups is 2. The van der Waals surface area contributed by atoms with Crippen molar-refractivity contribution in [3.8, 4) is 0 Å². The molecule has 0 spiro atoms. The van der Waals surface area contributed by atoms with Crippen molar-refractivity contribution in [2.24, 2.45) is 0 Å². The van der Waals surface area contributed by atoms with Crippen LogP contribution in [-0.2, 0) is 33.3 Å². The van der Waals surface area contributed by atoms with Gasteiger partial charge in [-0.1, -0.05) is 12.1 Å². The Morgan fingerprint density at radius 1 is 1.12 bits per heavy atom. The maximum Gasteiger partial charge on any atom is 0.355 e. The molecule has 142 valence electrons. The summed E-state index contributed by atoms with van der Waals surface area (Å²) in [5, 5.41) is 0. The molecule has 8 nitrogen and oxygen atoms in total. The quantitative estimate of drug-likeness (QED) is 0.551. The molecule has 0 aromatic heterocycles. The molecule has 0 amide bonds. The molecule has 0 saturated carbocycles. The SMILES string of the molecule is COC(=O)C1=C(C(=O)OC)N(c2cccc(C(OC)OC)c2F)COC1. The number of hydrogen-bond donors (Lipinski definition) is 0. The van der Waals surface area contributed by atoms with Gasteiger partial charge in [-0.25, -0.2) is 14.0 Å². The summed E-state index contributed by atoms with van der Waals surface area (Å²) >= 11 is 0. The maximum absolute atomic E-state index is 15.1. The molecular formula is C17H20FNO7. The number of benzene rings is 1. The molecule has 0 fully saturated rings. The highest BCUT2D eigenvalue weighted by molar-refractivity contribution is 6.03. The molecule has 1 aliphatic heterocycles. The zero-order valence-electron chi connectivity index (χ0n) is 14.9. The first-order valence-corrected chi connectivity index (χ1v) is 7.59. The Kier molecular flexibility index (Phi) is 6.67. The van der Waals surface area contributed by atoms with E-state index in [1.54, 1.807) is 6.07 Å². The van der Waals surface area contributed by atoms with E-state index in [1.807, 2.05) is 0 Å². The average Bonchev–Trinajstić information content (AvgIpc) is 2.68. The Bertz CT molecular complexity index is 715. The summed E-state index contributed by atoms with van der Waals surface area (Å²) < 4.78 is 40.0. The first kappa shape index (κ1) is 19.8. The predicted octanol–water partition coefficient (Wildman–Crippen LogP) is 1.51. The van der Waals surface area contributed by atoms with Crippen LogP contribution in [0, 0.1) is 5.82 Å². The predicted molar refractivity (Wildman–Crippen MR) is 87.5 cm³/mol. The minimum atomic E-state index is -0.939. The second kappa shape index (κ2) is 8.75. The number of nitrogens with zero attached hydrogens (tertiary/aromatic N) is 1. The minimum Gasteiger partial charge on any atom is -0.466 e. The van der Waals surface area contributed by atoms with Gasteiger partial charge in [0.1, 0.15) is 12.4 Å². The van der Waals surface area contributed by atoms with Crippen molar-refractivity contribution in [3.63, 3.8) is 0 Å². The van der Waals surface area contributed by atoms with Gasteiger partial charge in [-0.2, -0.15) is 0 Å². The molecule has 0 bridgehead atoms. The van der Waals surface area contributed by atoms with Gasteiger partial charge in [-0.3, -0.25) is 0 Å². The van der Waals surface area contributed by atoms with E-state index in [2.05, 4.69) is 4.74 Å². The van der Waals surface area contributed by atoms with E-state index in [1.165, 1.54) is 38.4 Å². The molecule has 0 radical (unpaired) electrons. The summed E-state index contributed by atoms with van der Waals surface area (Å²) in [6.45, 7) is -0.316. The van der Waals surface area contributed by atoms with E-state index in [9.17, 15) is 9.59 Å². The van der Waals surface area contributed by atoms with Gasteiger partial charge in [-0.15, -0.1) is 0 Å². The van der Waals surface area contributed by atoms with Crippen LogP contribution < -0.4 is 4.90 Å². The molecule has 0 saturated heterocycles. The fourth-order valence-corrected chi connectivity index (χ4v) is 2.61. The molecule has 1 aromatic carbocycles. The number of hydrogen-bond acceptors (Lipinski definition) is 8. The highest BCUT2D eigenvalue weighted by atomic mass is 19.1. The summed E-state index contributed by atoms with van der Waals surface area (Å²) in [6, 6.07) is 4.50. The fraction of sp³-hybridized carbons (Fsp3) is 0.412. The van der Waals surface area contributed by atoms with Crippen LogP contribution in [0.25, 0.3) is 0 Å². The molecular weight excluding hydrogens is 349 g/mol. The largest absolute Gasteiger partial charge is 0.466 e. The van der Waals surface area contributed by atoms with Crippen molar-refractivity contribution in [2.75, 3.05) is 46.7 Å². The smallest absolute Gasteiger partial charge is 0.355 e. The molecule has 26 heavy (non-hydrogen) atoms. The van der Waals surface area contributed by atoms with Gasteiger partial charge in [-0.05, 0) is 6.07 Å². The van der Waals surface area contributed by atoms with Crippen molar-refractivity contribution in [2.45, 2.75) is 6.29 Å². The first-order valence-electron chi connectivity index (χ1n) is 7.59. The third kappa shape index (κ3) is 3.69. The Balaban J connectivity index is 2.60. The Labute approximate surface area is 150 Å². The Morgan fingerprint density at radius 2 is 1.77 bits per heavy atom. The van der Waals surface area contributed by atoms with E-state index in [0.717, 1.165) is 7.11 Å². The summed E-state index contributed by atoms with van der Waals surface area (Å²) in [4.78, 5) is 25.5. The molecule has 1 aromatic rings. The standard InChI is InChI=1S/C17H20FNO7/c1-22-15(20)11-8-26-9-19(14(11)16(21)23-2)12-7-5-6-10(13(12)18)17(24-3)25-4/h5-7,17H,8-9H2,1-4H3. The number of carbonyl (C=O) groups excluding carboxylic acids is 2. The lowest BCUT2D eigenvalue weighted by molar-refractivity contribution is -0.140. The molecule has 0 N–H and O–H groups in total. The number of methoxy groups -OCH3 is 4.